The number of amides is 4. The number of imide groups is 2. The summed E-state index contributed by atoms with van der Waals surface area (Å²) in [5.41, 5.74) is 0. The minimum atomic E-state index is -5.16. The summed E-state index contributed by atoms with van der Waals surface area (Å²) in [7, 11) is -5.16. The Morgan fingerprint density at radius 2 is 1.77 bits per heavy atom. The molecule has 0 bridgehead atoms. The van der Waals surface area contributed by atoms with Crippen molar-refractivity contribution in [2.75, 3.05) is 6.54 Å². The smallest absolute Gasteiger partial charge is 0.322 e. The standard InChI is InChI=1S/C14H16N2O9S/c17-9-8-14(13(21)15-9,26(22,23)24)25-12(20)4-2-1-3-7-16-10(18)5-6-11(16)19/h5-6H,1-4,7-8H2,(H,15,17,21)(H,22,23,24). The van der Waals surface area contributed by atoms with E-state index in [1.165, 1.54) is 0 Å². The number of esters is 1. The molecule has 1 atom stereocenters. The van der Waals surface area contributed by atoms with Crippen LogP contribution < -0.4 is 5.32 Å². The summed E-state index contributed by atoms with van der Waals surface area (Å²) in [6, 6.07) is 0. The summed E-state index contributed by atoms with van der Waals surface area (Å²) in [5, 5.41) is 1.67. The minimum absolute atomic E-state index is 0.172. The van der Waals surface area contributed by atoms with Crippen LogP contribution in [0.3, 0.4) is 0 Å². The average Bonchev–Trinajstić information content (AvgIpc) is 2.99. The number of hydrogen-bond donors (Lipinski definition) is 2. The van der Waals surface area contributed by atoms with Crippen molar-refractivity contribution in [1.29, 1.82) is 0 Å². The van der Waals surface area contributed by atoms with Crippen LogP contribution in [0.15, 0.2) is 12.2 Å². The molecular formula is C14H16N2O9S. The van der Waals surface area contributed by atoms with E-state index in [1.54, 1.807) is 5.32 Å². The van der Waals surface area contributed by atoms with Crippen molar-refractivity contribution in [3.63, 3.8) is 0 Å². The molecule has 2 aliphatic heterocycles. The predicted molar refractivity (Wildman–Crippen MR) is 82.5 cm³/mol. The van der Waals surface area contributed by atoms with Crippen LogP contribution in [0.25, 0.3) is 0 Å². The van der Waals surface area contributed by atoms with Crippen molar-refractivity contribution in [3.05, 3.63) is 12.2 Å². The molecule has 1 unspecified atom stereocenters. The minimum Gasteiger partial charge on any atom is -0.429 e. The molecule has 2 rings (SSSR count). The molecule has 0 aromatic heterocycles. The van der Waals surface area contributed by atoms with E-state index in [-0.39, 0.29) is 19.4 Å². The molecule has 0 spiro atoms. The zero-order valence-electron chi connectivity index (χ0n) is 13.5. The van der Waals surface area contributed by atoms with Gasteiger partial charge in [0.05, 0.1) is 6.42 Å². The first-order chi connectivity index (χ1) is 12.1. The zero-order valence-corrected chi connectivity index (χ0v) is 14.3. The zero-order chi connectivity index (χ0) is 19.5. The molecule has 4 amide bonds. The lowest BCUT2D eigenvalue weighted by atomic mass is 10.2. The number of nitrogens with one attached hydrogen (secondary N) is 1. The second kappa shape index (κ2) is 7.33. The lowest BCUT2D eigenvalue weighted by Gasteiger charge is -2.21. The second-order valence-corrected chi connectivity index (χ2v) is 7.34. The molecule has 2 aliphatic rings. The van der Waals surface area contributed by atoms with Crippen LogP contribution >= 0.6 is 0 Å². The fraction of sp³-hybridized carbons (Fsp3) is 0.500. The number of ether oxygens (including phenoxy) is 1. The van der Waals surface area contributed by atoms with Crippen LogP contribution in [-0.2, 0) is 38.8 Å². The van der Waals surface area contributed by atoms with E-state index < -0.39 is 51.1 Å². The van der Waals surface area contributed by atoms with Crippen LogP contribution in [0, 0.1) is 0 Å². The summed E-state index contributed by atoms with van der Waals surface area (Å²) in [6.07, 6.45) is 2.07. The van der Waals surface area contributed by atoms with E-state index in [9.17, 15) is 36.9 Å². The monoisotopic (exact) mass is 388 g/mol. The Morgan fingerprint density at radius 1 is 1.15 bits per heavy atom. The molecule has 2 heterocycles. The quantitative estimate of drug-likeness (QED) is 0.221. The molecule has 0 saturated carbocycles. The van der Waals surface area contributed by atoms with Crippen molar-refractivity contribution >= 4 is 39.7 Å². The largest absolute Gasteiger partial charge is 0.429 e. The van der Waals surface area contributed by atoms with Gasteiger partial charge in [-0.15, -0.1) is 0 Å². The van der Waals surface area contributed by atoms with Gasteiger partial charge in [-0.1, -0.05) is 6.42 Å². The summed E-state index contributed by atoms with van der Waals surface area (Å²) >= 11 is 0. The van der Waals surface area contributed by atoms with Gasteiger partial charge in [0, 0.05) is 25.1 Å². The molecule has 1 fully saturated rings. The highest BCUT2D eigenvalue weighted by atomic mass is 32.2. The van der Waals surface area contributed by atoms with Gasteiger partial charge in [-0.25, -0.2) is 0 Å². The van der Waals surface area contributed by atoms with Crippen molar-refractivity contribution < 1.29 is 41.7 Å². The topological polar surface area (TPSA) is 164 Å². The first-order valence-corrected chi connectivity index (χ1v) is 9.07. The fourth-order valence-electron chi connectivity index (χ4n) is 2.50. The van der Waals surface area contributed by atoms with Gasteiger partial charge in [0.1, 0.15) is 0 Å². The lowest BCUT2D eigenvalue weighted by molar-refractivity contribution is -0.158. The summed E-state index contributed by atoms with van der Waals surface area (Å²) in [5.74, 6) is -4.32. The second-order valence-electron chi connectivity index (χ2n) is 5.73. The predicted octanol–water partition coefficient (Wildman–Crippen LogP) is -1.35. The van der Waals surface area contributed by atoms with Gasteiger partial charge in [0.2, 0.25) is 5.91 Å². The highest BCUT2D eigenvalue weighted by molar-refractivity contribution is 7.88. The Morgan fingerprint density at radius 3 is 2.27 bits per heavy atom. The molecule has 1 saturated heterocycles. The van der Waals surface area contributed by atoms with E-state index >= 15 is 0 Å². The highest BCUT2D eigenvalue weighted by Gasteiger charge is 2.60. The van der Waals surface area contributed by atoms with Gasteiger partial charge in [-0.05, 0) is 12.8 Å². The van der Waals surface area contributed by atoms with Crippen LogP contribution in [0.5, 0.6) is 0 Å². The SMILES string of the molecule is O=C1CC(OC(=O)CCCCCN2C(=O)C=CC2=O)(S(=O)(=O)O)C(=O)N1. The maximum atomic E-state index is 11.8. The Bertz CT molecular complexity index is 783. The van der Waals surface area contributed by atoms with E-state index in [4.69, 9.17) is 0 Å². The number of nitrogens with zero attached hydrogens (tertiary/aromatic N) is 1. The van der Waals surface area contributed by atoms with Gasteiger partial charge in [-0.3, -0.25) is 38.7 Å². The Hall–Kier alpha value is -2.60. The highest BCUT2D eigenvalue weighted by Crippen LogP contribution is 2.28. The first-order valence-electron chi connectivity index (χ1n) is 7.63. The van der Waals surface area contributed by atoms with E-state index in [1.807, 2.05) is 0 Å². The van der Waals surface area contributed by atoms with E-state index in [0.717, 1.165) is 17.1 Å². The van der Waals surface area contributed by atoms with Crippen LogP contribution in [0.1, 0.15) is 32.1 Å². The number of rotatable bonds is 8. The molecule has 2 N–H and O–H groups in total. The van der Waals surface area contributed by atoms with Crippen molar-refractivity contribution in [3.8, 4) is 0 Å². The van der Waals surface area contributed by atoms with Crippen molar-refractivity contribution in [1.82, 2.24) is 10.2 Å². The number of unbranched alkanes of at least 4 members (excludes halogenated alkanes) is 2. The summed E-state index contributed by atoms with van der Waals surface area (Å²) < 4.78 is 36.7. The first kappa shape index (κ1) is 19.7. The number of carbonyl (C=O) groups is 5. The average molecular weight is 388 g/mol. The molecule has 0 aliphatic carbocycles. The number of hydrogen-bond acceptors (Lipinski definition) is 8. The molecule has 0 radical (unpaired) electrons. The van der Waals surface area contributed by atoms with Gasteiger partial charge < -0.3 is 4.74 Å². The Balaban J connectivity index is 1.81. The summed E-state index contributed by atoms with van der Waals surface area (Å²) in [4.78, 5) is 55.4. The fourth-order valence-corrected chi connectivity index (χ4v) is 3.30. The van der Waals surface area contributed by atoms with Gasteiger partial charge in [0.25, 0.3) is 17.7 Å². The maximum Gasteiger partial charge on any atom is 0.322 e. The Kier molecular flexibility index (Phi) is 5.56. The van der Waals surface area contributed by atoms with Gasteiger partial charge in [-0.2, -0.15) is 8.42 Å². The molecule has 12 heteroatoms. The molecule has 0 aromatic carbocycles. The third kappa shape index (κ3) is 3.96. The van der Waals surface area contributed by atoms with Gasteiger partial charge >= 0.3 is 21.0 Å². The lowest BCUT2D eigenvalue weighted by Crippen LogP contribution is -2.49. The van der Waals surface area contributed by atoms with Crippen molar-refractivity contribution in [2.24, 2.45) is 0 Å². The molecule has 142 valence electrons. The molecule has 0 aromatic rings. The van der Waals surface area contributed by atoms with Crippen LogP contribution in [0.2, 0.25) is 0 Å². The van der Waals surface area contributed by atoms with Crippen molar-refractivity contribution in [2.45, 2.75) is 37.0 Å². The molecule has 26 heavy (non-hydrogen) atoms. The normalized spacial score (nSPS) is 22.9. The third-order valence-electron chi connectivity index (χ3n) is 3.85. The summed E-state index contributed by atoms with van der Waals surface area (Å²) in [6.45, 7) is 0.172. The third-order valence-corrected chi connectivity index (χ3v) is 5.10. The molecule has 11 nitrogen and oxygen atoms in total. The van der Waals surface area contributed by atoms with E-state index in [2.05, 4.69) is 4.74 Å². The maximum absolute atomic E-state index is 11.8. The van der Waals surface area contributed by atoms with Gasteiger partial charge in [0.15, 0.2) is 0 Å². The number of carbonyl (C=O) groups excluding carboxylic acids is 5. The molecular weight excluding hydrogens is 372 g/mol. The Labute approximate surface area is 148 Å². The van der Waals surface area contributed by atoms with Crippen LogP contribution in [0.4, 0.5) is 0 Å². The van der Waals surface area contributed by atoms with E-state index in [0.29, 0.717) is 12.8 Å². The van der Waals surface area contributed by atoms with Crippen LogP contribution in [-0.4, -0.2) is 58.9 Å².